The van der Waals surface area contributed by atoms with Crippen LogP contribution in [0.5, 0.6) is 0 Å². The molecule has 5 nitrogen and oxygen atoms in total. The average molecular weight is 544 g/mol. The number of pyridine rings is 1. The van der Waals surface area contributed by atoms with Crippen LogP contribution in [-0.4, -0.2) is 42.2 Å². The van der Waals surface area contributed by atoms with E-state index in [0.29, 0.717) is 24.2 Å². The van der Waals surface area contributed by atoms with Crippen molar-refractivity contribution in [2.75, 3.05) is 13.1 Å². The molecule has 2 aliphatic carbocycles. The number of nitrogens with zero attached hydrogens (tertiary/aromatic N) is 1. The molecular weight excluding hydrogens is 502 g/mol. The van der Waals surface area contributed by atoms with Gasteiger partial charge in [0.25, 0.3) is 0 Å². The van der Waals surface area contributed by atoms with Gasteiger partial charge in [-0.25, -0.2) is 0 Å². The Morgan fingerprint density at radius 3 is 1.52 bits per heavy atom. The summed E-state index contributed by atoms with van der Waals surface area (Å²) in [4.78, 5) is 5.06. The van der Waals surface area contributed by atoms with E-state index < -0.39 is 0 Å². The van der Waals surface area contributed by atoms with E-state index in [0.717, 1.165) is 13.1 Å². The second-order valence-electron chi connectivity index (χ2n) is 9.17. The molecule has 0 aromatic carbocycles. The van der Waals surface area contributed by atoms with Crippen molar-refractivity contribution in [3.8, 4) is 0 Å². The Kier molecular flexibility index (Phi) is 14.1. The van der Waals surface area contributed by atoms with Crippen molar-refractivity contribution in [2.24, 2.45) is 0 Å². The minimum atomic E-state index is 0. The fourth-order valence-corrected chi connectivity index (χ4v) is 5.43. The van der Waals surface area contributed by atoms with Gasteiger partial charge in [0.1, 0.15) is 0 Å². The van der Waals surface area contributed by atoms with E-state index in [-0.39, 0.29) is 69.3 Å². The van der Waals surface area contributed by atoms with Gasteiger partial charge < -0.3 is 28.7 Å². The zero-order valence-corrected chi connectivity index (χ0v) is 23.7. The topological polar surface area (TPSA) is 61.0 Å². The van der Waals surface area contributed by atoms with E-state index >= 15 is 0 Å². The summed E-state index contributed by atoms with van der Waals surface area (Å²) < 4.78 is 0. The summed E-state index contributed by atoms with van der Waals surface area (Å²) in [5, 5.41) is 15.5. The van der Waals surface area contributed by atoms with Gasteiger partial charge in [0.15, 0.2) is 0 Å². The van der Waals surface area contributed by atoms with Crippen molar-refractivity contribution in [2.45, 2.75) is 101 Å². The number of aromatic nitrogens is 1. The molecule has 1 aliphatic heterocycles. The van der Waals surface area contributed by atoms with Crippen LogP contribution < -0.4 is 21.3 Å². The third-order valence-corrected chi connectivity index (χ3v) is 7.08. The van der Waals surface area contributed by atoms with Gasteiger partial charge in [-0.15, -0.1) is 0 Å². The first-order chi connectivity index (χ1) is 13.7. The summed E-state index contributed by atoms with van der Waals surface area (Å²) in [5.41, 5.74) is 2.34. The molecule has 2 heterocycles. The number of rotatable bonds is 0. The fourth-order valence-electron chi connectivity index (χ4n) is 5.43. The molecule has 31 heavy (non-hydrogen) atoms. The summed E-state index contributed by atoms with van der Waals surface area (Å²) in [7, 11) is 0. The number of hydrogen-bond donors (Lipinski definition) is 4. The molecule has 4 rings (SSSR count). The molecule has 0 spiro atoms. The maximum absolute atomic E-state index is 5.06. The minimum absolute atomic E-state index is 0. The van der Waals surface area contributed by atoms with Gasteiger partial charge in [0, 0.05) is 99.1 Å². The first-order valence-corrected chi connectivity index (χ1v) is 11.7. The SMILES string of the molecule is C[C@H]1N[C@H]2CCCC[C@@H]2NCCN[C@H]2CCCC[C@@H]2N[C@H](C)c2cccc1n2.[CH3-].[Mn].[Y]. The minimum Gasteiger partial charge on any atom is -0.358 e. The van der Waals surface area contributed by atoms with Crippen LogP contribution in [0.3, 0.4) is 0 Å². The largest absolute Gasteiger partial charge is 0.358 e. The van der Waals surface area contributed by atoms with Gasteiger partial charge in [-0.3, -0.25) is 4.98 Å². The first-order valence-electron chi connectivity index (χ1n) is 11.7. The van der Waals surface area contributed by atoms with Gasteiger partial charge in [-0.1, -0.05) is 31.7 Å². The standard InChI is InChI=1S/C23H39N5.CH3.Mn.Y/c1-16-18-12-7-13-19(28-18)17(2)27-23-11-6-4-9-21(23)25-15-14-24-20-8-3-5-10-22(20)26-16;;;/h7,12-13,16-17,20-27H,3-6,8-11,14-15H2,1-2H3;1H3;;/q;-1;;/t16-,17-,20+,21+,22+,23+;;;/m1.../s1. The molecule has 2 bridgehead atoms. The summed E-state index contributed by atoms with van der Waals surface area (Å²) in [6, 6.07) is 9.34. The van der Waals surface area contributed by atoms with E-state index in [9.17, 15) is 0 Å². The van der Waals surface area contributed by atoms with Crippen molar-refractivity contribution in [3.63, 3.8) is 0 Å². The molecule has 0 amide bonds. The molecule has 0 saturated heterocycles. The third-order valence-electron chi connectivity index (χ3n) is 7.08. The summed E-state index contributed by atoms with van der Waals surface area (Å²) in [6.07, 6.45) is 10.4. The number of nitrogens with one attached hydrogen (secondary N) is 4. The Labute approximate surface area is 226 Å². The predicted molar refractivity (Wildman–Crippen MR) is 122 cm³/mol. The number of hydrogen-bond acceptors (Lipinski definition) is 5. The van der Waals surface area contributed by atoms with Crippen molar-refractivity contribution in [1.82, 2.24) is 26.3 Å². The van der Waals surface area contributed by atoms with E-state index in [1.54, 1.807) is 0 Å². The Balaban J connectivity index is 0.00000160. The second kappa shape index (κ2) is 14.8. The van der Waals surface area contributed by atoms with Crippen molar-refractivity contribution in [3.05, 3.63) is 37.0 Å². The number of fused-ring (bicyclic) bond motifs is 4. The van der Waals surface area contributed by atoms with Gasteiger partial charge in [0.2, 0.25) is 0 Å². The molecule has 6 atom stereocenters. The molecule has 1 aromatic rings. The zero-order valence-electron chi connectivity index (χ0n) is 19.7. The van der Waals surface area contributed by atoms with E-state index in [1.165, 1.54) is 62.8 Å². The predicted octanol–water partition coefficient (Wildman–Crippen LogP) is 3.64. The van der Waals surface area contributed by atoms with E-state index in [1.807, 2.05) is 0 Å². The van der Waals surface area contributed by atoms with Crippen LogP contribution in [0.1, 0.15) is 88.7 Å². The smallest absolute Gasteiger partial charge is 0.0574 e. The normalized spacial score (nSPS) is 34.1. The van der Waals surface area contributed by atoms with Gasteiger partial charge in [-0.05, 0) is 51.7 Å². The van der Waals surface area contributed by atoms with Crippen LogP contribution in [0.4, 0.5) is 0 Å². The van der Waals surface area contributed by atoms with Crippen LogP contribution in [-0.2, 0) is 49.8 Å². The van der Waals surface area contributed by atoms with Crippen molar-refractivity contribution < 1.29 is 49.8 Å². The third kappa shape index (κ3) is 8.10. The first kappa shape index (κ1) is 29.6. The maximum atomic E-state index is 5.06. The average Bonchev–Trinajstić information content (AvgIpc) is 2.73. The van der Waals surface area contributed by atoms with Crippen LogP contribution in [0, 0.1) is 7.43 Å². The molecule has 3 aliphatic rings. The summed E-state index contributed by atoms with van der Waals surface area (Å²) in [6.45, 7) is 6.66. The summed E-state index contributed by atoms with van der Waals surface area (Å²) in [5.74, 6) is 0. The fraction of sp³-hybridized carbons (Fsp3) is 0.750. The Bertz CT molecular complexity index is 584. The van der Waals surface area contributed by atoms with Gasteiger partial charge in [0.05, 0.1) is 11.4 Å². The second-order valence-corrected chi connectivity index (χ2v) is 9.17. The molecule has 174 valence electrons. The van der Waals surface area contributed by atoms with Crippen molar-refractivity contribution >= 4 is 0 Å². The Morgan fingerprint density at radius 2 is 1.10 bits per heavy atom. The van der Waals surface area contributed by atoms with Crippen LogP contribution in [0.2, 0.25) is 0 Å². The Hall–Kier alpha value is 0.613. The van der Waals surface area contributed by atoms with E-state index in [2.05, 4.69) is 53.3 Å². The monoisotopic (exact) mass is 544 g/mol. The Morgan fingerprint density at radius 1 is 0.710 bits per heavy atom. The van der Waals surface area contributed by atoms with E-state index in [4.69, 9.17) is 4.98 Å². The van der Waals surface area contributed by atoms with Gasteiger partial charge in [-0.2, -0.15) is 0 Å². The quantitative estimate of drug-likeness (QED) is 0.297. The molecule has 2 radical (unpaired) electrons. The van der Waals surface area contributed by atoms with Crippen LogP contribution in [0.15, 0.2) is 18.2 Å². The molecule has 4 N–H and O–H groups in total. The van der Waals surface area contributed by atoms with Crippen molar-refractivity contribution in [1.29, 1.82) is 0 Å². The molecule has 2 saturated carbocycles. The van der Waals surface area contributed by atoms with Crippen LogP contribution >= 0.6 is 0 Å². The molecular formula is C24H42MnN5Y-. The molecule has 0 unspecified atom stereocenters. The molecule has 7 heteroatoms. The van der Waals surface area contributed by atoms with Gasteiger partial charge >= 0.3 is 0 Å². The van der Waals surface area contributed by atoms with Crippen LogP contribution in [0.25, 0.3) is 0 Å². The maximum Gasteiger partial charge on any atom is 0.0574 e. The zero-order chi connectivity index (χ0) is 19.3. The molecule has 1 aromatic heterocycles. The summed E-state index contributed by atoms with van der Waals surface area (Å²) >= 11 is 0. The molecule has 2 fully saturated rings.